The van der Waals surface area contributed by atoms with Crippen molar-refractivity contribution in [1.82, 2.24) is 5.32 Å². The maximum Gasteiger partial charge on any atom is 0.303 e. The topological polar surface area (TPSA) is 137 Å². The van der Waals surface area contributed by atoms with Crippen LogP contribution in [0.2, 0.25) is 0 Å². The van der Waals surface area contributed by atoms with E-state index in [0.717, 1.165) is 6.92 Å². The predicted molar refractivity (Wildman–Crippen MR) is 80.8 cm³/mol. The van der Waals surface area contributed by atoms with E-state index in [9.17, 15) is 24.3 Å². The van der Waals surface area contributed by atoms with Crippen molar-refractivity contribution in [3.8, 4) is 0 Å². The highest BCUT2D eigenvalue weighted by atomic mass is 16.7. The zero-order chi connectivity index (χ0) is 19.1. The minimum absolute atomic E-state index is 0.0607. The van der Waals surface area contributed by atoms with Crippen molar-refractivity contribution in [2.45, 2.75) is 64.8 Å². The van der Waals surface area contributed by atoms with E-state index in [0.29, 0.717) is 0 Å². The van der Waals surface area contributed by atoms with E-state index in [2.05, 4.69) is 5.32 Å². The second-order valence-corrected chi connectivity index (χ2v) is 5.63. The van der Waals surface area contributed by atoms with Crippen molar-refractivity contribution in [1.29, 1.82) is 0 Å². The quantitative estimate of drug-likeness (QED) is 0.467. The lowest BCUT2D eigenvalue weighted by molar-refractivity contribution is -0.202. The van der Waals surface area contributed by atoms with Gasteiger partial charge in [0.15, 0.2) is 12.4 Å². The first-order valence-electron chi connectivity index (χ1n) is 7.68. The van der Waals surface area contributed by atoms with E-state index in [4.69, 9.17) is 18.9 Å². The Morgan fingerprint density at radius 2 is 1.64 bits per heavy atom. The molecule has 1 rings (SSSR count). The zero-order valence-corrected chi connectivity index (χ0v) is 14.5. The number of ether oxygens (including phenoxy) is 4. The third kappa shape index (κ3) is 7.06. The summed E-state index contributed by atoms with van der Waals surface area (Å²) < 4.78 is 20.6. The maximum atomic E-state index is 11.4. The lowest BCUT2D eigenvalue weighted by Crippen LogP contribution is -2.46. The van der Waals surface area contributed by atoms with E-state index in [1.54, 1.807) is 0 Å². The summed E-state index contributed by atoms with van der Waals surface area (Å²) in [7, 11) is 0. The standard InChI is InChI=1S/C15H23NO9/c1-7(17)16-11-5-12(23-9(3)19)14(24-10(4)20)13(25-15(11)21)6-22-8(2)18/h11-15,21H,5-6H2,1-4H3,(H,16,17)/t11?,12?,13?,14-,15-/m1/s1. The highest BCUT2D eigenvalue weighted by Crippen LogP contribution is 2.25. The molecule has 1 heterocycles. The molecule has 5 atom stereocenters. The molecule has 3 unspecified atom stereocenters. The van der Waals surface area contributed by atoms with Gasteiger partial charge in [0.05, 0.1) is 6.04 Å². The van der Waals surface area contributed by atoms with Gasteiger partial charge in [0, 0.05) is 34.1 Å². The number of hydrogen-bond donors (Lipinski definition) is 2. The Balaban J connectivity index is 3.12. The van der Waals surface area contributed by atoms with Crippen LogP contribution in [0.3, 0.4) is 0 Å². The average Bonchev–Trinajstić information content (AvgIpc) is 2.55. The molecule has 0 aliphatic carbocycles. The summed E-state index contributed by atoms with van der Waals surface area (Å²) in [5, 5.41) is 12.7. The Morgan fingerprint density at radius 1 is 1.04 bits per heavy atom. The monoisotopic (exact) mass is 361 g/mol. The van der Waals surface area contributed by atoms with E-state index in [1.807, 2.05) is 0 Å². The molecule has 0 aromatic heterocycles. The minimum atomic E-state index is -1.48. The zero-order valence-electron chi connectivity index (χ0n) is 14.5. The molecular weight excluding hydrogens is 338 g/mol. The molecule has 1 saturated heterocycles. The molecule has 10 heteroatoms. The van der Waals surface area contributed by atoms with Crippen molar-refractivity contribution in [2.24, 2.45) is 0 Å². The summed E-state index contributed by atoms with van der Waals surface area (Å²) in [4.78, 5) is 45.2. The summed E-state index contributed by atoms with van der Waals surface area (Å²) in [6, 6.07) is -0.915. The SMILES string of the molecule is CC(=O)NC1CC(OC(C)=O)[C@@H](OC(C)=O)C(COC(C)=O)O[C@H]1O. The lowest BCUT2D eigenvalue weighted by Gasteiger charge is -2.29. The van der Waals surface area contributed by atoms with Gasteiger partial charge in [-0.3, -0.25) is 19.2 Å². The van der Waals surface area contributed by atoms with Gasteiger partial charge in [-0.1, -0.05) is 0 Å². The highest BCUT2D eigenvalue weighted by molar-refractivity contribution is 5.73. The normalized spacial score (nSPS) is 29.1. The van der Waals surface area contributed by atoms with Crippen LogP contribution in [0.25, 0.3) is 0 Å². The molecule has 142 valence electrons. The van der Waals surface area contributed by atoms with Crippen LogP contribution in [-0.4, -0.2) is 66.2 Å². The van der Waals surface area contributed by atoms with Gasteiger partial charge in [-0.15, -0.1) is 0 Å². The molecule has 0 radical (unpaired) electrons. The van der Waals surface area contributed by atoms with Crippen LogP contribution in [0.4, 0.5) is 0 Å². The van der Waals surface area contributed by atoms with Crippen molar-refractivity contribution in [3.63, 3.8) is 0 Å². The molecule has 0 aromatic carbocycles. The van der Waals surface area contributed by atoms with Gasteiger partial charge in [-0.25, -0.2) is 0 Å². The van der Waals surface area contributed by atoms with Crippen molar-refractivity contribution in [3.05, 3.63) is 0 Å². The molecule has 25 heavy (non-hydrogen) atoms. The Morgan fingerprint density at radius 3 is 2.12 bits per heavy atom. The van der Waals surface area contributed by atoms with Crippen LogP contribution in [0.1, 0.15) is 34.1 Å². The fraction of sp³-hybridized carbons (Fsp3) is 0.733. The van der Waals surface area contributed by atoms with Crippen molar-refractivity contribution >= 4 is 23.8 Å². The first kappa shape index (κ1) is 20.8. The van der Waals surface area contributed by atoms with Crippen LogP contribution >= 0.6 is 0 Å². The number of carbonyl (C=O) groups is 4. The summed E-state index contributed by atoms with van der Waals surface area (Å²) >= 11 is 0. The second-order valence-electron chi connectivity index (χ2n) is 5.63. The summed E-state index contributed by atoms with van der Waals surface area (Å²) in [5.41, 5.74) is 0. The largest absolute Gasteiger partial charge is 0.463 e. The number of rotatable bonds is 5. The van der Waals surface area contributed by atoms with Gasteiger partial charge >= 0.3 is 17.9 Å². The van der Waals surface area contributed by atoms with Crippen LogP contribution < -0.4 is 5.32 Å². The van der Waals surface area contributed by atoms with Gasteiger partial charge in [0.1, 0.15) is 18.8 Å². The molecule has 0 saturated carbocycles. The van der Waals surface area contributed by atoms with Crippen LogP contribution in [0.5, 0.6) is 0 Å². The number of nitrogens with one attached hydrogen (secondary N) is 1. The van der Waals surface area contributed by atoms with Crippen LogP contribution in [0, 0.1) is 0 Å². The number of aliphatic hydroxyl groups is 1. The van der Waals surface area contributed by atoms with Gasteiger partial charge in [0.2, 0.25) is 5.91 Å². The van der Waals surface area contributed by atoms with E-state index in [-0.39, 0.29) is 13.0 Å². The molecular formula is C15H23NO9. The second kappa shape index (κ2) is 9.33. The van der Waals surface area contributed by atoms with Crippen molar-refractivity contribution < 1.29 is 43.2 Å². The predicted octanol–water partition coefficient (Wildman–Crippen LogP) is -0.975. The Kier molecular flexibility index (Phi) is 7.78. The van der Waals surface area contributed by atoms with E-state index >= 15 is 0 Å². The van der Waals surface area contributed by atoms with Crippen molar-refractivity contribution in [2.75, 3.05) is 6.61 Å². The van der Waals surface area contributed by atoms with Gasteiger partial charge in [-0.05, 0) is 0 Å². The molecule has 0 aromatic rings. The lowest BCUT2D eigenvalue weighted by atomic mass is 10.0. The minimum Gasteiger partial charge on any atom is -0.463 e. The summed E-state index contributed by atoms with van der Waals surface area (Å²) in [6.45, 7) is 4.41. The number of esters is 3. The van der Waals surface area contributed by atoms with E-state index < -0.39 is 54.5 Å². The first-order chi connectivity index (χ1) is 11.6. The Labute approximate surface area is 144 Å². The fourth-order valence-corrected chi connectivity index (χ4v) is 2.49. The Hall–Kier alpha value is -2.20. The van der Waals surface area contributed by atoms with Crippen LogP contribution in [-0.2, 0) is 38.1 Å². The molecule has 10 nitrogen and oxygen atoms in total. The van der Waals surface area contributed by atoms with Gasteiger partial charge in [-0.2, -0.15) is 0 Å². The maximum absolute atomic E-state index is 11.4. The number of hydrogen-bond acceptors (Lipinski definition) is 9. The molecule has 1 aliphatic rings. The molecule has 1 fully saturated rings. The third-order valence-corrected chi connectivity index (χ3v) is 3.34. The number of carbonyl (C=O) groups excluding carboxylic acids is 4. The summed E-state index contributed by atoms with van der Waals surface area (Å²) in [6.07, 6.45) is -4.78. The van der Waals surface area contributed by atoms with Gasteiger partial charge < -0.3 is 29.4 Å². The molecule has 1 aliphatic heterocycles. The third-order valence-electron chi connectivity index (χ3n) is 3.34. The smallest absolute Gasteiger partial charge is 0.303 e. The number of aliphatic hydroxyl groups excluding tert-OH is 1. The summed E-state index contributed by atoms with van der Waals surface area (Å²) in [5.74, 6) is -2.36. The van der Waals surface area contributed by atoms with Crippen LogP contribution in [0.15, 0.2) is 0 Å². The first-order valence-corrected chi connectivity index (χ1v) is 7.68. The fourth-order valence-electron chi connectivity index (χ4n) is 2.49. The van der Waals surface area contributed by atoms with Gasteiger partial charge in [0.25, 0.3) is 0 Å². The highest BCUT2D eigenvalue weighted by Gasteiger charge is 2.44. The van der Waals surface area contributed by atoms with E-state index in [1.165, 1.54) is 20.8 Å². The molecule has 2 N–H and O–H groups in total. The number of amides is 1. The molecule has 0 spiro atoms. The Bertz CT molecular complexity index is 521. The average molecular weight is 361 g/mol. The molecule has 0 bridgehead atoms. The molecule has 1 amide bonds.